The van der Waals surface area contributed by atoms with Gasteiger partial charge in [0.05, 0.1) is 6.54 Å². The van der Waals surface area contributed by atoms with Crippen molar-refractivity contribution >= 4 is 6.03 Å². The van der Waals surface area contributed by atoms with E-state index in [2.05, 4.69) is 20.7 Å². The van der Waals surface area contributed by atoms with E-state index in [-0.39, 0.29) is 0 Å². The number of nitrogens with two attached hydrogens (primary N) is 1. The van der Waals surface area contributed by atoms with Crippen LogP contribution in [0.1, 0.15) is 32.0 Å². The second kappa shape index (κ2) is 6.76. The van der Waals surface area contributed by atoms with Crippen molar-refractivity contribution in [3.63, 3.8) is 0 Å². The zero-order valence-corrected chi connectivity index (χ0v) is 9.52. The lowest BCUT2D eigenvalue weighted by atomic mass is 10.2. The molecule has 0 bridgehead atoms. The largest absolute Gasteiger partial charge is 0.352 e. The summed E-state index contributed by atoms with van der Waals surface area (Å²) in [5, 5.41) is 14.5. The first kappa shape index (κ1) is 12.4. The van der Waals surface area contributed by atoms with Crippen LogP contribution < -0.4 is 11.1 Å². The number of aromatic nitrogens is 4. The fourth-order valence-electron chi connectivity index (χ4n) is 1.31. The highest BCUT2D eigenvalue weighted by Gasteiger charge is 2.00. The van der Waals surface area contributed by atoms with Gasteiger partial charge in [-0.25, -0.2) is 4.79 Å². The van der Waals surface area contributed by atoms with Crippen molar-refractivity contribution in [2.75, 3.05) is 6.54 Å². The van der Waals surface area contributed by atoms with E-state index in [0.29, 0.717) is 6.54 Å². The van der Waals surface area contributed by atoms with E-state index in [1.54, 1.807) is 4.80 Å². The van der Waals surface area contributed by atoms with Gasteiger partial charge >= 0.3 is 6.03 Å². The van der Waals surface area contributed by atoms with Gasteiger partial charge in [-0.05, 0) is 25.0 Å². The third-order valence-corrected chi connectivity index (χ3v) is 2.15. The molecule has 0 saturated heterocycles. The van der Waals surface area contributed by atoms with Gasteiger partial charge in [-0.1, -0.05) is 6.42 Å². The van der Waals surface area contributed by atoms with Crippen molar-refractivity contribution in [1.82, 2.24) is 25.5 Å². The van der Waals surface area contributed by atoms with Gasteiger partial charge in [0, 0.05) is 13.0 Å². The maximum absolute atomic E-state index is 10.4. The van der Waals surface area contributed by atoms with E-state index in [4.69, 9.17) is 5.73 Å². The summed E-state index contributed by atoms with van der Waals surface area (Å²) in [4.78, 5) is 11.9. The quantitative estimate of drug-likeness (QED) is 0.643. The molecule has 7 heteroatoms. The molecule has 0 unspecified atom stereocenters. The number of unbranched alkanes of at least 4 members (excludes halogenated alkanes) is 2. The first-order valence-electron chi connectivity index (χ1n) is 5.52. The van der Waals surface area contributed by atoms with Crippen LogP contribution in [0.15, 0.2) is 0 Å². The second-order valence-corrected chi connectivity index (χ2v) is 3.50. The standard InChI is InChI=1S/C9H18N6O/c1-2-15-13-8(12-14-15)6-4-3-5-7-11-9(10)16/h2-7H2,1H3,(H3,10,11,16). The van der Waals surface area contributed by atoms with Crippen LogP contribution in [0.25, 0.3) is 0 Å². The monoisotopic (exact) mass is 226 g/mol. The molecule has 0 atom stereocenters. The minimum atomic E-state index is -0.465. The van der Waals surface area contributed by atoms with Crippen molar-refractivity contribution in [2.24, 2.45) is 5.73 Å². The van der Waals surface area contributed by atoms with Crippen LogP contribution in [0.4, 0.5) is 4.79 Å². The minimum absolute atomic E-state index is 0.465. The molecular weight excluding hydrogens is 208 g/mol. The lowest BCUT2D eigenvalue weighted by Crippen LogP contribution is -2.29. The van der Waals surface area contributed by atoms with Crippen molar-refractivity contribution in [3.05, 3.63) is 5.82 Å². The Labute approximate surface area is 94.4 Å². The number of primary amides is 1. The van der Waals surface area contributed by atoms with Crippen LogP contribution in [0.3, 0.4) is 0 Å². The number of nitrogens with zero attached hydrogens (tertiary/aromatic N) is 4. The second-order valence-electron chi connectivity index (χ2n) is 3.50. The molecule has 90 valence electrons. The summed E-state index contributed by atoms with van der Waals surface area (Å²) in [6.07, 6.45) is 3.76. The van der Waals surface area contributed by atoms with Crippen LogP contribution >= 0.6 is 0 Å². The Kier molecular flexibility index (Phi) is 5.24. The maximum atomic E-state index is 10.4. The highest BCUT2D eigenvalue weighted by molar-refractivity contribution is 5.71. The molecular formula is C9H18N6O. The number of urea groups is 1. The Bertz CT molecular complexity index is 324. The molecule has 0 fully saturated rings. The Morgan fingerprint density at radius 3 is 2.88 bits per heavy atom. The van der Waals surface area contributed by atoms with E-state index >= 15 is 0 Å². The van der Waals surface area contributed by atoms with Gasteiger partial charge < -0.3 is 11.1 Å². The lowest BCUT2D eigenvalue weighted by Gasteiger charge is -2.00. The summed E-state index contributed by atoms with van der Waals surface area (Å²) in [6.45, 7) is 3.35. The van der Waals surface area contributed by atoms with E-state index in [0.717, 1.165) is 38.1 Å². The summed E-state index contributed by atoms with van der Waals surface area (Å²) < 4.78 is 0. The molecule has 0 spiro atoms. The third-order valence-electron chi connectivity index (χ3n) is 2.15. The number of hydrogen-bond donors (Lipinski definition) is 2. The molecule has 0 aromatic carbocycles. The summed E-state index contributed by atoms with van der Waals surface area (Å²) in [6, 6.07) is -0.465. The Morgan fingerprint density at radius 2 is 2.25 bits per heavy atom. The van der Waals surface area contributed by atoms with Gasteiger partial charge in [0.25, 0.3) is 0 Å². The molecule has 1 heterocycles. The summed E-state index contributed by atoms with van der Waals surface area (Å²) in [7, 11) is 0. The van der Waals surface area contributed by atoms with Crippen molar-refractivity contribution in [2.45, 2.75) is 39.2 Å². The summed E-state index contributed by atoms with van der Waals surface area (Å²) in [5.74, 6) is 0.782. The Morgan fingerprint density at radius 1 is 1.44 bits per heavy atom. The zero-order chi connectivity index (χ0) is 11.8. The number of aryl methyl sites for hydroxylation is 2. The third kappa shape index (κ3) is 4.72. The first-order chi connectivity index (χ1) is 7.72. The summed E-state index contributed by atoms with van der Waals surface area (Å²) in [5.41, 5.74) is 4.94. The molecule has 0 saturated carbocycles. The highest BCUT2D eigenvalue weighted by Crippen LogP contribution is 2.00. The molecule has 0 aliphatic carbocycles. The predicted octanol–water partition coefficient (Wildman–Crippen LogP) is 0.0741. The van der Waals surface area contributed by atoms with Gasteiger partial charge in [-0.3, -0.25) is 0 Å². The van der Waals surface area contributed by atoms with Crippen LogP contribution in [-0.4, -0.2) is 32.8 Å². The molecule has 3 N–H and O–H groups in total. The van der Waals surface area contributed by atoms with Gasteiger partial charge in [0.1, 0.15) is 0 Å². The van der Waals surface area contributed by atoms with Gasteiger partial charge in [0.2, 0.25) is 0 Å². The fourth-order valence-corrected chi connectivity index (χ4v) is 1.31. The number of nitrogens with one attached hydrogen (secondary N) is 1. The molecule has 0 radical (unpaired) electrons. The molecule has 2 amide bonds. The zero-order valence-electron chi connectivity index (χ0n) is 9.52. The SMILES string of the molecule is CCn1nnc(CCCCCNC(N)=O)n1. The van der Waals surface area contributed by atoms with Gasteiger partial charge in [0.15, 0.2) is 5.82 Å². The van der Waals surface area contributed by atoms with Crippen LogP contribution in [0, 0.1) is 0 Å². The first-order valence-corrected chi connectivity index (χ1v) is 5.52. The lowest BCUT2D eigenvalue weighted by molar-refractivity contribution is 0.248. The van der Waals surface area contributed by atoms with E-state index < -0.39 is 6.03 Å². The van der Waals surface area contributed by atoms with E-state index in [1.165, 1.54) is 0 Å². The molecule has 0 aliphatic heterocycles. The molecule has 0 aliphatic rings. The normalized spacial score (nSPS) is 10.3. The predicted molar refractivity (Wildman–Crippen MR) is 58.6 cm³/mol. The number of tetrazole rings is 1. The average Bonchev–Trinajstić information content (AvgIpc) is 2.70. The van der Waals surface area contributed by atoms with Crippen molar-refractivity contribution in [1.29, 1.82) is 0 Å². The van der Waals surface area contributed by atoms with E-state index in [9.17, 15) is 4.79 Å². The number of hydrogen-bond acceptors (Lipinski definition) is 4. The minimum Gasteiger partial charge on any atom is -0.352 e. The Balaban J connectivity index is 2.04. The van der Waals surface area contributed by atoms with Crippen molar-refractivity contribution < 1.29 is 4.79 Å². The maximum Gasteiger partial charge on any atom is 0.312 e. The Hall–Kier alpha value is -1.66. The number of amides is 2. The molecule has 16 heavy (non-hydrogen) atoms. The average molecular weight is 226 g/mol. The molecule has 1 rings (SSSR count). The van der Waals surface area contributed by atoms with Crippen LogP contribution in [-0.2, 0) is 13.0 Å². The molecule has 1 aromatic heterocycles. The topological polar surface area (TPSA) is 98.7 Å². The molecule has 1 aromatic rings. The smallest absolute Gasteiger partial charge is 0.312 e. The van der Waals surface area contributed by atoms with Crippen molar-refractivity contribution in [3.8, 4) is 0 Å². The van der Waals surface area contributed by atoms with Gasteiger partial charge in [-0.2, -0.15) is 4.80 Å². The summed E-state index contributed by atoms with van der Waals surface area (Å²) >= 11 is 0. The molecule has 7 nitrogen and oxygen atoms in total. The fraction of sp³-hybridized carbons (Fsp3) is 0.778. The van der Waals surface area contributed by atoms with E-state index in [1.807, 2.05) is 6.92 Å². The van der Waals surface area contributed by atoms with Crippen LogP contribution in [0.5, 0.6) is 0 Å². The van der Waals surface area contributed by atoms with Gasteiger partial charge in [-0.15, -0.1) is 10.2 Å². The number of rotatable bonds is 7. The number of carbonyl (C=O) groups excluding carboxylic acids is 1. The van der Waals surface area contributed by atoms with Crippen LogP contribution in [0.2, 0.25) is 0 Å². The number of carbonyl (C=O) groups is 1. The highest BCUT2D eigenvalue weighted by atomic mass is 16.2.